The van der Waals surface area contributed by atoms with Crippen LogP contribution >= 0.6 is 0 Å². The minimum Gasteiger partial charge on any atom is -0.496 e. The van der Waals surface area contributed by atoms with Crippen molar-refractivity contribution in [2.75, 3.05) is 13.7 Å². The van der Waals surface area contributed by atoms with Crippen LogP contribution in [0, 0.1) is 0 Å². The van der Waals surface area contributed by atoms with Crippen LogP contribution in [0.5, 0.6) is 5.75 Å². The maximum atomic E-state index is 14.6. The Kier molecular flexibility index (Phi) is 6.93. The molecule has 0 fully saturated rings. The standard InChI is InChI=1S/C21H20F5NO4/c1-4-27(12(2)28)11-15-16(20(22,23)19(29)30)9-10-17(31-3)18(15)13-5-7-14(8-6-13)21(24,25)26/h5-10H,4,11H2,1-3H3,(H,29,30). The monoisotopic (exact) mass is 445 g/mol. The lowest BCUT2D eigenvalue weighted by atomic mass is 9.90. The SMILES string of the molecule is CCN(Cc1c(C(F)(F)C(=O)O)ccc(OC)c1-c1ccc(C(F)(F)F)cc1)C(C)=O. The Morgan fingerprint density at radius 3 is 2.03 bits per heavy atom. The first-order valence-corrected chi connectivity index (χ1v) is 9.09. The van der Waals surface area contributed by atoms with Gasteiger partial charge in [0.25, 0.3) is 0 Å². The number of hydrogen-bond donors (Lipinski definition) is 1. The van der Waals surface area contributed by atoms with E-state index in [1.807, 2.05) is 0 Å². The minimum absolute atomic E-state index is 0.0191. The van der Waals surface area contributed by atoms with E-state index in [1.165, 1.54) is 18.9 Å². The normalized spacial score (nSPS) is 11.9. The topological polar surface area (TPSA) is 66.8 Å². The molecule has 0 aliphatic heterocycles. The molecule has 168 valence electrons. The number of carbonyl (C=O) groups is 2. The molecule has 0 atom stereocenters. The van der Waals surface area contributed by atoms with Crippen molar-refractivity contribution in [1.29, 1.82) is 0 Å². The van der Waals surface area contributed by atoms with Crippen molar-refractivity contribution in [2.24, 2.45) is 0 Å². The molecule has 0 unspecified atom stereocenters. The third-order valence-corrected chi connectivity index (χ3v) is 4.78. The second kappa shape index (κ2) is 8.91. The van der Waals surface area contributed by atoms with E-state index in [0.717, 1.165) is 36.4 Å². The molecule has 0 aromatic heterocycles. The van der Waals surface area contributed by atoms with E-state index in [9.17, 15) is 31.5 Å². The lowest BCUT2D eigenvalue weighted by Gasteiger charge is -2.26. The average Bonchev–Trinajstić information content (AvgIpc) is 2.70. The maximum absolute atomic E-state index is 14.6. The molecule has 5 nitrogen and oxygen atoms in total. The van der Waals surface area contributed by atoms with E-state index in [1.54, 1.807) is 6.92 Å². The quantitative estimate of drug-likeness (QED) is 0.614. The summed E-state index contributed by atoms with van der Waals surface area (Å²) >= 11 is 0. The van der Waals surface area contributed by atoms with Crippen LogP contribution in [-0.4, -0.2) is 35.5 Å². The van der Waals surface area contributed by atoms with Gasteiger partial charge in [0.05, 0.1) is 12.7 Å². The van der Waals surface area contributed by atoms with E-state index in [-0.39, 0.29) is 29.0 Å². The molecule has 10 heteroatoms. The number of alkyl halides is 5. The van der Waals surface area contributed by atoms with Gasteiger partial charge >= 0.3 is 18.1 Å². The zero-order valence-electron chi connectivity index (χ0n) is 16.9. The summed E-state index contributed by atoms with van der Waals surface area (Å²) in [5.74, 6) is -7.12. The van der Waals surface area contributed by atoms with Crippen molar-refractivity contribution in [3.8, 4) is 16.9 Å². The van der Waals surface area contributed by atoms with Crippen molar-refractivity contribution in [1.82, 2.24) is 4.90 Å². The molecule has 2 rings (SSSR count). The van der Waals surface area contributed by atoms with E-state index in [0.29, 0.717) is 0 Å². The number of hydrogen-bond acceptors (Lipinski definition) is 3. The van der Waals surface area contributed by atoms with Crippen LogP contribution < -0.4 is 4.74 Å². The van der Waals surface area contributed by atoms with Crippen LogP contribution in [0.1, 0.15) is 30.5 Å². The lowest BCUT2D eigenvalue weighted by molar-refractivity contribution is -0.166. The zero-order valence-corrected chi connectivity index (χ0v) is 16.9. The van der Waals surface area contributed by atoms with Crippen LogP contribution in [-0.2, 0) is 28.2 Å². The molecule has 1 amide bonds. The molecule has 0 radical (unpaired) electrons. The molecule has 0 aliphatic carbocycles. The van der Waals surface area contributed by atoms with Crippen molar-refractivity contribution >= 4 is 11.9 Å². The molecular weight excluding hydrogens is 425 g/mol. The van der Waals surface area contributed by atoms with Crippen molar-refractivity contribution < 1.29 is 41.4 Å². The highest BCUT2D eigenvalue weighted by Gasteiger charge is 2.44. The molecule has 0 saturated carbocycles. The van der Waals surface area contributed by atoms with Crippen LogP contribution in [0.3, 0.4) is 0 Å². The van der Waals surface area contributed by atoms with Gasteiger partial charge in [-0.1, -0.05) is 12.1 Å². The first-order chi connectivity index (χ1) is 14.3. The molecular formula is C21H20F5NO4. The van der Waals surface area contributed by atoms with Gasteiger partial charge in [-0.3, -0.25) is 4.79 Å². The van der Waals surface area contributed by atoms with Gasteiger partial charge in [-0.25, -0.2) is 4.79 Å². The number of ether oxygens (including phenoxy) is 1. The summed E-state index contributed by atoms with van der Waals surface area (Å²) in [6.45, 7) is 2.57. The summed E-state index contributed by atoms with van der Waals surface area (Å²) in [6, 6.07) is 5.72. The van der Waals surface area contributed by atoms with Gasteiger partial charge in [0, 0.05) is 31.1 Å². The van der Waals surface area contributed by atoms with Crippen molar-refractivity contribution in [3.05, 3.63) is 53.1 Å². The Morgan fingerprint density at radius 2 is 1.61 bits per heavy atom. The van der Waals surface area contributed by atoms with Crippen LogP contribution in [0.2, 0.25) is 0 Å². The molecule has 2 aromatic rings. The number of nitrogens with zero attached hydrogens (tertiary/aromatic N) is 1. The average molecular weight is 445 g/mol. The second-order valence-electron chi connectivity index (χ2n) is 6.66. The van der Waals surface area contributed by atoms with Crippen LogP contribution in [0.15, 0.2) is 36.4 Å². The fraction of sp³-hybridized carbons (Fsp3) is 0.333. The third kappa shape index (κ3) is 4.95. The smallest absolute Gasteiger partial charge is 0.416 e. The predicted molar refractivity (Wildman–Crippen MR) is 102 cm³/mol. The second-order valence-corrected chi connectivity index (χ2v) is 6.66. The van der Waals surface area contributed by atoms with Gasteiger partial charge < -0.3 is 14.7 Å². The van der Waals surface area contributed by atoms with Crippen LogP contribution in [0.4, 0.5) is 22.0 Å². The number of benzene rings is 2. The van der Waals surface area contributed by atoms with E-state index >= 15 is 0 Å². The molecule has 0 bridgehead atoms. The number of rotatable bonds is 7. The first kappa shape index (κ1) is 24.1. The Balaban J connectivity index is 2.83. The Labute approximate surface area is 175 Å². The summed E-state index contributed by atoms with van der Waals surface area (Å²) in [4.78, 5) is 24.3. The molecule has 0 aliphatic rings. The maximum Gasteiger partial charge on any atom is 0.416 e. The Hall–Kier alpha value is -3.17. The minimum atomic E-state index is -4.60. The lowest BCUT2D eigenvalue weighted by Crippen LogP contribution is -2.32. The first-order valence-electron chi connectivity index (χ1n) is 9.09. The number of halogens is 5. The molecule has 0 spiro atoms. The largest absolute Gasteiger partial charge is 0.496 e. The van der Waals surface area contributed by atoms with E-state index in [2.05, 4.69) is 0 Å². The number of carboxylic acid groups (broad SMARTS) is 1. The zero-order chi connectivity index (χ0) is 23.6. The highest BCUT2D eigenvalue weighted by atomic mass is 19.4. The predicted octanol–water partition coefficient (Wildman–Crippen LogP) is 4.93. The highest BCUT2D eigenvalue weighted by molar-refractivity contribution is 5.83. The van der Waals surface area contributed by atoms with Crippen LogP contribution in [0.25, 0.3) is 11.1 Å². The molecule has 31 heavy (non-hydrogen) atoms. The summed E-state index contributed by atoms with van der Waals surface area (Å²) in [5, 5.41) is 9.05. The molecule has 2 aromatic carbocycles. The molecule has 1 N–H and O–H groups in total. The van der Waals surface area contributed by atoms with Gasteiger partial charge in [0.15, 0.2) is 0 Å². The number of carboxylic acids is 1. The highest BCUT2D eigenvalue weighted by Crippen LogP contribution is 2.42. The number of aliphatic carboxylic acids is 1. The van der Waals surface area contributed by atoms with Crippen molar-refractivity contribution in [3.63, 3.8) is 0 Å². The number of carbonyl (C=O) groups excluding carboxylic acids is 1. The van der Waals surface area contributed by atoms with E-state index < -0.39 is 41.6 Å². The van der Waals surface area contributed by atoms with Crippen molar-refractivity contribution in [2.45, 2.75) is 32.5 Å². The third-order valence-electron chi connectivity index (χ3n) is 4.78. The Bertz CT molecular complexity index is 971. The van der Waals surface area contributed by atoms with E-state index in [4.69, 9.17) is 9.84 Å². The fourth-order valence-corrected chi connectivity index (χ4v) is 3.15. The van der Waals surface area contributed by atoms with Gasteiger partial charge in [-0.05, 0) is 42.3 Å². The van der Waals surface area contributed by atoms with Gasteiger partial charge in [0.2, 0.25) is 5.91 Å². The summed E-state index contributed by atoms with van der Waals surface area (Å²) in [7, 11) is 1.24. The van der Waals surface area contributed by atoms with Gasteiger partial charge in [0.1, 0.15) is 5.75 Å². The van der Waals surface area contributed by atoms with Gasteiger partial charge in [-0.2, -0.15) is 22.0 Å². The number of methoxy groups -OCH3 is 1. The fourth-order valence-electron chi connectivity index (χ4n) is 3.15. The summed E-state index contributed by atoms with van der Waals surface area (Å²) in [5.41, 5.74) is -1.97. The van der Waals surface area contributed by atoms with Gasteiger partial charge in [-0.15, -0.1) is 0 Å². The molecule has 0 heterocycles. The summed E-state index contributed by atoms with van der Waals surface area (Å²) in [6.07, 6.45) is -4.60. The number of amides is 1. The Morgan fingerprint density at radius 1 is 1.03 bits per heavy atom. The molecule has 0 saturated heterocycles. The summed E-state index contributed by atoms with van der Waals surface area (Å²) < 4.78 is 73.1.